The van der Waals surface area contributed by atoms with Gasteiger partial charge in [0.05, 0.1) is 0 Å². The first-order chi connectivity index (χ1) is 5.68. The maximum absolute atomic E-state index is 12.9. The van der Waals surface area contributed by atoms with Gasteiger partial charge in [-0.1, -0.05) is 31.9 Å². The zero-order chi connectivity index (χ0) is 8.72. The molecule has 64 valence electrons. The Labute approximate surface area is 87.4 Å². The molecule has 1 atom stereocenters. The molecule has 0 fully saturated rings. The Kier molecular flexibility index (Phi) is 2.25. The average molecular weight is 294 g/mol. The van der Waals surface area contributed by atoms with Crippen LogP contribution in [0.5, 0.6) is 0 Å². The first kappa shape index (κ1) is 8.70. The van der Waals surface area contributed by atoms with E-state index >= 15 is 0 Å². The van der Waals surface area contributed by atoms with Crippen LogP contribution in [0.15, 0.2) is 16.6 Å². The largest absolute Gasteiger partial charge is 0.207 e. The quantitative estimate of drug-likeness (QED) is 0.635. The highest BCUT2D eigenvalue weighted by atomic mass is 79.9. The normalized spacial score (nSPS) is 21.1. The molecule has 0 saturated heterocycles. The third-order valence-corrected chi connectivity index (χ3v) is 3.84. The zero-order valence-electron chi connectivity index (χ0n) is 6.28. The van der Waals surface area contributed by atoms with Crippen molar-refractivity contribution in [3.8, 4) is 0 Å². The van der Waals surface area contributed by atoms with Crippen LogP contribution in [0.1, 0.15) is 22.4 Å². The van der Waals surface area contributed by atoms with Gasteiger partial charge in [0.25, 0.3) is 0 Å². The summed E-state index contributed by atoms with van der Waals surface area (Å²) < 4.78 is 13.8. The molecule has 0 bridgehead atoms. The van der Waals surface area contributed by atoms with Gasteiger partial charge in [-0.05, 0) is 36.1 Å². The van der Waals surface area contributed by atoms with Crippen molar-refractivity contribution in [2.45, 2.75) is 17.7 Å². The summed E-state index contributed by atoms with van der Waals surface area (Å²) in [5.41, 5.74) is 2.35. The number of benzene rings is 1. The van der Waals surface area contributed by atoms with Gasteiger partial charge in [0, 0.05) is 9.30 Å². The molecule has 12 heavy (non-hydrogen) atoms. The smallest absolute Gasteiger partial charge is 0.124 e. The fourth-order valence-corrected chi connectivity index (χ4v) is 2.88. The van der Waals surface area contributed by atoms with E-state index in [0.29, 0.717) is 4.83 Å². The van der Waals surface area contributed by atoms with Gasteiger partial charge in [-0.3, -0.25) is 0 Å². The Hall–Kier alpha value is 0.110. The molecule has 0 amide bonds. The molecule has 1 unspecified atom stereocenters. The number of halogens is 3. The van der Waals surface area contributed by atoms with E-state index in [1.54, 1.807) is 6.07 Å². The summed E-state index contributed by atoms with van der Waals surface area (Å²) in [7, 11) is 0. The van der Waals surface area contributed by atoms with Crippen LogP contribution in [0.25, 0.3) is 0 Å². The van der Waals surface area contributed by atoms with Gasteiger partial charge in [0.2, 0.25) is 0 Å². The zero-order valence-corrected chi connectivity index (χ0v) is 9.45. The molecule has 0 heterocycles. The Balaban J connectivity index is 2.60. The van der Waals surface area contributed by atoms with Gasteiger partial charge in [0.15, 0.2) is 0 Å². The van der Waals surface area contributed by atoms with Crippen molar-refractivity contribution in [2.24, 2.45) is 0 Å². The third kappa shape index (κ3) is 1.33. The van der Waals surface area contributed by atoms with Crippen LogP contribution in [-0.4, -0.2) is 0 Å². The first-order valence-corrected chi connectivity index (χ1v) is 5.51. The van der Waals surface area contributed by atoms with E-state index < -0.39 is 0 Å². The van der Waals surface area contributed by atoms with Gasteiger partial charge in [-0.2, -0.15) is 0 Å². The van der Waals surface area contributed by atoms with Crippen molar-refractivity contribution < 1.29 is 4.39 Å². The molecule has 0 spiro atoms. The highest BCUT2D eigenvalue weighted by molar-refractivity contribution is 9.10. The minimum Gasteiger partial charge on any atom is -0.207 e. The van der Waals surface area contributed by atoms with E-state index in [9.17, 15) is 4.39 Å². The molecule has 0 radical (unpaired) electrons. The van der Waals surface area contributed by atoms with Crippen LogP contribution in [0.4, 0.5) is 4.39 Å². The van der Waals surface area contributed by atoms with Crippen molar-refractivity contribution in [3.05, 3.63) is 33.5 Å². The van der Waals surface area contributed by atoms with E-state index in [1.807, 2.05) is 0 Å². The van der Waals surface area contributed by atoms with Gasteiger partial charge in [-0.15, -0.1) is 0 Å². The Bertz CT molecular complexity index is 323. The first-order valence-electron chi connectivity index (χ1n) is 3.80. The molecule has 0 nitrogen and oxygen atoms in total. The predicted molar refractivity (Wildman–Crippen MR) is 54.1 cm³/mol. The van der Waals surface area contributed by atoms with Gasteiger partial charge in [-0.25, -0.2) is 4.39 Å². The highest BCUT2D eigenvalue weighted by Gasteiger charge is 2.22. The third-order valence-electron chi connectivity index (χ3n) is 2.18. The number of hydrogen-bond donors (Lipinski definition) is 0. The molecule has 2 rings (SSSR count). The summed E-state index contributed by atoms with van der Waals surface area (Å²) in [6.45, 7) is 0. The Morgan fingerprint density at radius 2 is 2.17 bits per heavy atom. The summed E-state index contributed by atoms with van der Waals surface area (Å²) in [5, 5.41) is 0. The second kappa shape index (κ2) is 3.11. The number of fused-ring (bicyclic) bond motifs is 1. The van der Waals surface area contributed by atoms with Crippen molar-refractivity contribution >= 4 is 31.9 Å². The minimum atomic E-state index is -0.160. The number of rotatable bonds is 0. The Morgan fingerprint density at radius 1 is 1.42 bits per heavy atom. The standard InChI is InChI=1S/C9H7Br2F/c10-8-2-1-6-7(8)3-5(12)4-9(6)11/h3-4,8H,1-2H2. The van der Waals surface area contributed by atoms with E-state index in [1.165, 1.54) is 11.6 Å². The van der Waals surface area contributed by atoms with Crippen molar-refractivity contribution in [3.63, 3.8) is 0 Å². The van der Waals surface area contributed by atoms with E-state index in [4.69, 9.17) is 0 Å². The van der Waals surface area contributed by atoms with E-state index in [2.05, 4.69) is 31.9 Å². The van der Waals surface area contributed by atoms with Crippen molar-refractivity contribution in [1.29, 1.82) is 0 Å². The number of alkyl halides is 1. The fourth-order valence-electron chi connectivity index (χ4n) is 1.59. The second-order valence-corrected chi connectivity index (χ2v) is 4.92. The van der Waals surface area contributed by atoms with Gasteiger partial charge >= 0.3 is 0 Å². The lowest BCUT2D eigenvalue weighted by atomic mass is 10.1. The molecule has 0 aromatic heterocycles. The topological polar surface area (TPSA) is 0 Å². The molecule has 1 aliphatic rings. The summed E-state index contributed by atoms with van der Waals surface area (Å²) >= 11 is 6.88. The van der Waals surface area contributed by atoms with Crippen LogP contribution < -0.4 is 0 Å². The highest BCUT2D eigenvalue weighted by Crippen LogP contribution is 2.41. The summed E-state index contributed by atoms with van der Waals surface area (Å²) in [5.74, 6) is -0.160. The lowest BCUT2D eigenvalue weighted by molar-refractivity contribution is 0.625. The van der Waals surface area contributed by atoms with Crippen LogP contribution in [0.2, 0.25) is 0 Å². The number of hydrogen-bond acceptors (Lipinski definition) is 0. The molecule has 1 aromatic carbocycles. The SMILES string of the molecule is Fc1cc(Br)c2c(c1)C(Br)CC2. The predicted octanol–water partition coefficient (Wildman–Crippen LogP) is 3.97. The maximum Gasteiger partial charge on any atom is 0.124 e. The summed E-state index contributed by atoms with van der Waals surface area (Å²) in [6, 6.07) is 3.15. The maximum atomic E-state index is 12.9. The molecule has 3 heteroatoms. The van der Waals surface area contributed by atoms with Gasteiger partial charge < -0.3 is 0 Å². The Morgan fingerprint density at radius 3 is 2.92 bits per heavy atom. The summed E-state index contributed by atoms with van der Waals surface area (Å²) in [6.07, 6.45) is 2.10. The second-order valence-electron chi connectivity index (χ2n) is 2.96. The molecule has 0 N–H and O–H groups in total. The molecule has 1 aromatic rings. The van der Waals surface area contributed by atoms with Gasteiger partial charge in [0.1, 0.15) is 5.82 Å². The lowest BCUT2D eigenvalue weighted by Gasteiger charge is -2.04. The van der Waals surface area contributed by atoms with E-state index in [-0.39, 0.29) is 5.82 Å². The summed E-state index contributed by atoms with van der Waals surface area (Å²) in [4.78, 5) is 0.333. The monoisotopic (exact) mass is 292 g/mol. The van der Waals surface area contributed by atoms with Crippen LogP contribution in [-0.2, 0) is 6.42 Å². The molecule has 1 aliphatic carbocycles. The molecule has 0 aliphatic heterocycles. The lowest BCUT2D eigenvalue weighted by Crippen LogP contribution is -1.87. The van der Waals surface area contributed by atoms with Crippen molar-refractivity contribution in [1.82, 2.24) is 0 Å². The average Bonchev–Trinajstić information content (AvgIpc) is 2.33. The minimum absolute atomic E-state index is 0.160. The van der Waals surface area contributed by atoms with Crippen LogP contribution in [0, 0.1) is 5.82 Å². The van der Waals surface area contributed by atoms with Crippen LogP contribution in [0.3, 0.4) is 0 Å². The van der Waals surface area contributed by atoms with Crippen LogP contribution >= 0.6 is 31.9 Å². The molecular formula is C9H7Br2F. The fraction of sp³-hybridized carbons (Fsp3) is 0.333. The van der Waals surface area contributed by atoms with Crippen molar-refractivity contribution in [2.75, 3.05) is 0 Å². The molecule has 0 saturated carbocycles. The van der Waals surface area contributed by atoms with E-state index in [0.717, 1.165) is 22.9 Å². The molecular weight excluding hydrogens is 287 g/mol.